The SMILES string of the molecule is F.F.F.F.[Cr]. The predicted molar refractivity (Wildman–Crippen MR) is 10.0 cm³/mol. The van der Waals surface area contributed by atoms with E-state index in [1.54, 1.807) is 0 Å². The van der Waals surface area contributed by atoms with Gasteiger partial charge in [0.25, 0.3) is 0 Å². The summed E-state index contributed by atoms with van der Waals surface area (Å²) in [7, 11) is 0. The van der Waals surface area contributed by atoms with Crippen LogP contribution in [-0.2, 0) is 17.4 Å². The van der Waals surface area contributed by atoms with Crippen molar-refractivity contribution in [2.24, 2.45) is 0 Å². The van der Waals surface area contributed by atoms with Gasteiger partial charge >= 0.3 is 0 Å². The minimum Gasteiger partial charge on any atom is -0.269 e. The maximum Gasteiger partial charge on any atom is 0 e. The quantitative estimate of drug-likeness (QED) is 0.423. The van der Waals surface area contributed by atoms with Gasteiger partial charge < -0.3 is 0 Å². The molecule has 0 aliphatic heterocycles. The van der Waals surface area contributed by atoms with E-state index in [9.17, 15) is 0 Å². The number of hydrogen-bond acceptors (Lipinski definition) is 0. The van der Waals surface area contributed by atoms with E-state index in [-0.39, 0.29) is 36.2 Å². The monoisotopic (exact) mass is 132 g/mol. The Morgan fingerprint density at radius 2 is 0.400 bits per heavy atom. The normalized spacial score (nSPS) is 0. The van der Waals surface area contributed by atoms with Gasteiger partial charge in [-0.05, 0) is 0 Å². The second-order valence-electron chi connectivity index (χ2n) is 0. The maximum atomic E-state index is 0. The van der Waals surface area contributed by atoms with E-state index in [4.69, 9.17) is 0 Å². The van der Waals surface area contributed by atoms with Crippen LogP contribution in [0, 0.1) is 0 Å². The molecule has 0 aromatic heterocycles. The van der Waals surface area contributed by atoms with Crippen LogP contribution in [0.5, 0.6) is 0 Å². The molecule has 0 N–H and O–H groups in total. The van der Waals surface area contributed by atoms with Gasteiger partial charge in [0, 0.05) is 17.4 Å². The third kappa shape index (κ3) is 338. The molecule has 0 spiro atoms. The van der Waals surface area contributed by atoms with E-state index in [2.05, 4.69) is 0 Å². The summed E-state index contributed by atoms with van der Waals surface area (Å²) in [5, 5.41) is 0. The van der Waals surface area contributed by atoms with Crippen LogP contribution in [0.25, 0.3) is 0 Å². The molecular weight excluding hydrogens is 128 g/mol. The molecule has 0 aliphatic rings. The molecule has 0 heterocycles. The van der Waals surface area contributed by atoms with Crippen LogP contribution >= 0.6 is 0 Å². The Bertz CT molecular complexity index is 3.61. The molecule has 0 radical (unpaired) electrons. The third-order valence-corrected chi connectivity index (χ3v) is 0. The topological polar surface area (TPSA) is 0 Å². The van der Waals surface area contributed by atoms with Crippen molar-refractivity contribution in [1.82, 2.24) is 0 Å². The molecule has 0 saturated heterocycles. The zero-order valence-electron chi connectivity index (χ0n) is 2.04. The number of halogens is 4. The predicted octanol–water partition coefficient (Wildman–Crippen LogP) is 0.607. The molecule has 5 heteroatoms. The van der Waals surface area contributed by atoms with Gasteiger partial charge in [0.1, 0.15) is 0 Å². The molecule has 0 nitrogen and oxygen atoms in total. The van der Waals surface area contributed by atoms with Gasteiger partial charge in [-0.1, -0.05) is 0 Å². The smallest absolute Gasteiger partial charge is 0 e. The standard InChI is InChI=1S/Cr.4FH/h;4*1H. The fraction of sp³-hybridized carbons (Fsp3) is 0. The molecule has 0 bridgehead atoms. The van der Waals surface area contributed by atoms with Crippen molar-refractivity contribution in [3.63, 3.8) is 0 Å². The molecule has 0 aromatic carbocycles. The van der Waals surface area contributed by atoms with E-state index >= 15 is 0 Å². The zero-order valence-corrected chi connectivity index (χ0v) is 3.32. The van der Waals surface area contributed by atoms with Gasteiger partial charge in [0.05, 0.1) is 0 Å². The van der Waals surface area contributed by atoms with Crippen molar-refractivity contribution < 1.29 is 36.2 Å². The van der Waals surface area contributed by atoms with Crippen LogP contribution in [0.2, 0.25) is 0 Å². The van der Waals surface area contributed by atoms with Crippen molar-refractivity contribution >= 4 is 0 Å². The van der Waals surface area contributed by atoms with E-state index in [1.165, 1.54) is 0 Å². The van der Waals surface area contributed by atoms with E-state index < -0.39 is 0 Å². The molecule has 38 valence electrons. The largest absolute Gasteiger partial charge is 0.269 e. The molecule has 0 saturated carbocycles. The Hall–Kier alpha value is 0.252. The van der Waals surface area contributed by atoms with E-state index in [0.717, 1.165) is 0 Å². The van der Waals surface area contributed by atoms with Crippen molar-refractivity contribution in [1.29, 1.82) is 0 Å². The summed E-state index contributed by atoms with van der Waals surface area (Å²) in [6.07, 6.45) is 0. The van der Waals surface area contributed by atoms with Gasteiger partial charge in [0.15, 0.2) is 0 Å². The summed E-state index contributed by atoms with van der Waals surface area (Å²) in [4.78, 5) is 0. The summed E-state index contributed by atoms with van der Waals surface area (Å²) < 4.78 is 0. The molecule has 0 rings (SSSR count). The first kappa shape index (κ1) is 1490. The average molecular weight is 132 g/mol. The third-order valence-electron chi connectivity index (χ3n) is 0. The fourth-order valence-electron chi connectivity index (χ4n) is 0. The Morgan fingerprint density at radius 1 is 0.400 bits per heavy atom. The van der Waals surface area contributed by atoms with Crippen LogP contribution in [0.3, 0.4) is 0 Å². The van der Waals surface area contributed by atoms with Crippen molar-refractivity contribution in [3.8, 4) is 0 Å². The van der Waals surface area contributed by atoms with Crippen LogP contribution in [0.4, 0.5) is 18.8 Å². The van der Waals surface area contributed by atoms with Gasteiger partial charge in [-0.15, -0.1) is 0 Å². The molecule has 5 heavy (non-hydrogen) atoms. The molecule has 0 aliphatic carbocycles. The maximum absolute atomic E-state index is 0. The van der Waals surface area contributed by atoms with Crippen LogP contribution in [0.15, 0.2) is 0 Å². The second-order valence-corrected chi connectivity index (χ2v) is 0. The van der Waals surface area contributed by atoms with E-state index in [1.807, 2.05) is 0 Å². The summed E-state index contributed by atoms with van der Waals surface area (Å²) in [6, 6.07) is 0. The summed E-state index contributed by atoms with van der Waals surface area (Å²) >= 11 is 0. The van der Waals surface area contributed by atoms with Crippen LogP contribution < -0.4 is 0 Å². The zero-order chi connectivity index (χ0) is 0. The fourth-order valence-corrected chi connectivity index (χ4v) is 0. The Balaban J connectivity index is 0. The number of hydrogen-bond donors (Lipinski definition) is 0. The Labute approximate surface area is 37.2 Å². The van der Waals surface area contributed by atoms with E-state index in [0.29, 0.717) is 0 Å². The minimum atomic E-state index is 0. The average Bonchev–Trinajstić information content (AvgIpc) is 0. The molecule has 0 aromatic rings. The van der Waals surface area contributed by atoms with Gasteiger partial charge in [-0.3, -0.25) is 18.8 Å². The molecule has 0 fully saturated rings. The molecule has 0 amide bonds. The summed E-state index contributed by atoms with van der Waals surface area (Å²) in [5.41, 5.74) is 0. The van der Waals surface area contributed by atoms with Gasteiger partial charge in [-0.2, -0.15) is 0 Å². The molecular formula is H4CrF4. The second kappa shape index (κ2) is 706. The number of rotatable bonds is 0. The molecule has 0 unspecified atom stereocenters. The first-order chi connectivity index (χ1) is 0. The van der Waals surface area contributed by atoms with Crippen molar-refractivity contribution in [2.45, 2.75) is 0 Å². The van der Waals surface area contributed by atoms with Crippen LogP contribution in [0.1, 0.15) is 0 Å². The summed E-state index contributed by atoms with van der Waals surface area (Å²) in [6.45, 7) is 0. The molecule has 0 atom stereocenters. The van der Waals surface area contributed by atoms with Gasteiger partial charge in [-0.25, -0.2) is 0 Å². The Morgan fingerprint density at radius 3 is 0.400 bits per heavy atom. The van der Waals surface area contributed by atoms with Crippen molar-refractivity contribution in [3.05, 3.63) is 0 Å². The van der Waals surface area contributed by atoms with Crippen molar-refractivity contribution in [2.75, 3.05) is 0 Å². The van der Waals surface area contributed by atoms with Gasteiger partial charge in [0.2, 0.25) is 0 Å². The summed E-state index contributed by atoms with van der Waals surface area (Å²) in [5.74, 6) is 0. The minimum absolute atomic E-state index is 0. The first-order valence-corrected chi connectivity index (χ1v) is 0. The first-order valence-electron chi connectivity index (χ1n) is 0. The Kier molecular flexibility index (Phi) is 210000. The van der Waals surface area contributed by atoms with Crippen LogP contribution in [-0.4, -0.2) is 0 Å².